The molecule has 10 heteroatoms. The van der Waals surface area contributed by atoms with Gasteiger partial charge < -0.3 is 29.6 Å². The van der Waals surface area contributed by atoms with Crippen LogP contribution in [0.15, 0.2) is 0 Å². The molecule has 2 amide bonds. The van der Waals surface area contributed by atoms with Gasteiger partial charge in [-0.05, 0) is 60.8 Å². The number of unbranched alkanes of at least 4 members (excludes halogenated alkanes) is 1. The number of amides is 2. The van der Waals surface area contributed by atoms with Crippen molar-refractivity contribution in [3.05, 3.63) is 0 Å². The van der Waals surface area contributed by atoms with Crippen LogP contribution in [0.3, 0.4) is 0 Å². The number of alkyl carbamates (subject to hydrolysis) is 2. The molecule has 0 aliphatic heterocycles. The predicted octanol–water partition coefficient (Wildman–Crippen LogP) is 2.29. The molecule has 0 bridgehead atoms. The molecule has 0 saturated heterocycles. The second kappa shape index (κ2) is 12.8. The van der Waals surface area contributed by atoms with Crippen molar-refractivity contribution in [1.29, 1.82) is 0 Å². The molecule has 0 aliphatic rings. The minimum Gasteiger partial charge on any atom is -0.464 e. The molecule has 0 rings (SSSR count). The van der Waals surface area contributed by atoms with Crippen molar-refractivity contribution < 1.29 is 38.1 Å². The number of carbonyl (C=O) groups is 4. The van der Waals surface area contributed by atoms with Crippen LogP contribution in [0.25, 0.3) is 0 Å². The van der Waals surface area contributed by atoms with E-state index in [2.05, 4.69) is 15.4 Å². The molecule has 1 atom stereocenters. The first kappa shape index (κ1) is 26.5. The van der Waals surface area contributed by atoms with Crippen LogP contribution >= 0.6 is 0 Å². The van der Waals surface area contributed by atoms with Crippen molar-refractivity contribution in [2.45, 2.75) is 78.0 Å². The van der Waals surface area contributed by atoms with E-state index in [9.17, 15) is 19.2 Å². The third-order valence-corrected chi connectivity index (χ3v) is 3.08. The summed E-state index contributed by atoms with van der Waals surface area (Å²) >= 11 is 0. The second-order valence-electron chi connectivity index (χ2n) is 8.26. The van der Waals surface area contributed by atoms with Crippen molar-refractivity contribution in [3.63, 3.8) is 0 Å². The van der Waals surface area contributed by atoms with Crippen LogP contribution in [0.4, 0.5) is 9.59 Å². The molecule has 10 nitrogen and oxygen atoms in total. The van der Waals surface area contributed by atoms with Gasteiger partial charge in [0.05, 0.1) is 0 Å². The van der Waals surface area contributed by atoms with Crippen molar-refractivity contribution in [2.24, 2.45) is 0 Å². The molecule has 2 N–H and O–H groups in total. The Morgan fingerprint density at radius 2 is 1.48 bits per heavy atom. The summed E-state index contributed by atoms with van der Waals surface area (Å²) in [5, 5.41) is 5.11. The van der Waals surface area contributed by atoms with Gasteiger partial charge in [0.2, 0.25) is 0 Å². The molecule has 168 valence electrons. The van der Waals surface area contributed by atoms with Gasteiger partial charge in [-0.3, -0.25) is 4.79 Å². The van der Waals surface area contributed by atoms with Crippen LogP contribution in [-0.2, 0) is 28.5 Å². The molecule has 0 aromatic heterocycles. The first-order valence-corrected chi connectivity index (χ1v) is 9.52. The second-order valence-corrected chi connectivity index (χ2v) is 8.26. The van der Waals surface area contributed by atoms with Gasteiger partial charge in [-0.1, -0.05) is 0 Å². The standard InChI is InChI=1S/C19H34N2O8/c1-18(2,3)28-16(24)20-10-8-7-9-14(15(23)27-12-11-26-13-22)21-17(25)29-19(4,5)6/h13-14H,7-12H2,1-6H3,(H,20,24)(H,21,25)/t14-/m0/s1. The highest BCUT2D eigenvalue weighted by molar-refractivity contribution is 5.81. The van der Waals surface area contributed by atoms with E-state index in [1.165, 1.54) is 0 Å². The van der Waals surface area contributed by atoms with E-state index in [1.807, 2.05) is 0 Å². The van der Waals surface area contributed by atoms with E-state index in [0.717, 1.165) is 0 Å². The van der Waals surface area contributed by atoms with Gasteiger partial charge in [0.15, 0.2) is 0 Å². The van der Waals surface area contributed by atoms with E-state index >= 15 is 0 Å². The van der Waals surface area contributed by atoms with E-state index < -0.39 is 35.4 Å². The topological polar surface area (TPSA) is 129 Å². The Morgan fingerprint density at radius 3 is 2.03 bits per heavy atom. The Balaban J connectivity index is 4.49. The third-order valence-electron chi connectivity index (χ3n) is 3.08. The lowest BCUT2D eigenvalue weighted by Gasteiger charge is -2.23. The number of hydrogen-bond acceptors (Lipinski definition) is 8. The zero-order valence-electron chi connectivity index (χ0n) is 18.2. The maximum atomic E-state index is 12.2. The molecule has 0 aliphatic carbocycles. The average Bonchev–Trinajstić information content (AvgIpc) is 2.53. The van der Waals surface area contributed by atoms with Gasteiger partial charge in [0.1, 0.15) is 30.5 Å². The van der Waals surface area contributed by atoms with Gasteiger partial charge in [0, 0.05) is 6.54 Å². The highest BCUT2D eigenvalue weighted by Crippen LogP contribution is 2.10. The highest BCUT2D eigenvalue weighted by atomic mass is 16.6. The molecule has 0 spiro atoms. The molecular formula is C19H34N2O8. The summed E-state index contributed by atoms with van der Waals surface area (Å²) in [4.78, 5) is 45.9. The van der Waals surface area contributed by atoms with Crippen LogP contribution in [0, 0.1) is 0 Å². The molecule has 0 aromatic rings. The Kier molecular flexibility index (Phi) is 11.7. The number of rotatable bonds is 11. The predicted molar refractivity (Wildman–Crippen MR) is 104 cm³/mol. The van der Waals surface area contributed by atoms with Crippen LogP contribution in [-0.4, -0.2) is 61.6 Å². The number of hydrogen-bond donors (Lipinski definition) is 2. The molecule has 0 saturated carbocycles. The quantitative estimate of drug-likeness (QED) is 0.226. The summed E-state index contributed by atoms with van der Waals surface area (Å²) in [6.07, 6.45) is 0.109. The summed E-state index contributed by atoms with van der Waals surface area (Å²) in [6, 6.07) is -0.928. The zero-order chi connectivity index (χ0) is 22.5. The summed E-state index contributed by atoms with van der Waals surface area (Å²) in [7, 11) is 0. The molecule has 0 fully saturated rings. The molecule has 29 heavy (non-hydrogen) atoms. The molecular weight excluding hydrogens is 384 g/mol. The Labute approximate surface area is 172 Å². The summed E-state index contributed by atoms with van der Waals surface area (Å²) in [5.41, 5.74) is -1.29. The van der Waals surface area contributed by atoms with Crippen LogP contribution < -0.4 is 10.6 Å². The largest absolute Gasteiger partial charge is 0.464 e. The normalized spacial score (nSPS) is 12.3. The zero-order valence-corrected chi connectivity index (χ0v) is 18.2. The monoisotopic (exact) mass is 418 g/mol. The van der Waals surface area contributed by atoms with Gasteiger partial charge in [-0.15, -0.1) is 0 Å². The number of ether oxygens (including phenoxy) is 4. The van der Waals surface area contributed by atoms with Crippen molar-refractivity contribution >= 4 is 24.6 Å². The molecule has 0 aromatic carbocycles. The maximum absolute atomic E-state index is 12.2. The first-order chi connectivity index (χ1) is 13.3. The smallest absolute Gasteiger partial charge is 0.408 e. The minimum atomic E-state index is -0.928. The fourth-order valence-corrected chi connectivity index (χ4v) is 2.02. The fraction of sp³-hybridized carbons (Fsp3) is 0.789. The van der Waals surface area contributed by atoms with E-state index in [-0.39, 0.29) is 26.1 Å². The van der Waals surface area contributed by atoms with Gasteiger partial charge >= 0.3 is 18.2 Å². The van der Waals surface area contributed by atoms with Gasteiger partial charge in [0.25, 0.3) is 6.47 Å². The van der Waals surface area contributed by atoms with Crippen molar-refractivity contribution in [1.82, 2.24) is 10.6 Å². The van der Waals surface area contributed by atoms with E-state index in [4.69, 9.17) is 14.2 Å². The first-order valence-electron chi connectivity index (χ1n) is 9.52. The maximum Gasteiger partial charge on any atom is 0.408 e. The molecule has 0 unspecified atom stereocenters. The average molecular weight is 418 g/mol. The Hall–Kier alpha value is -2.52. The molecule has 0 heterocycles. The van der Waals surface area contributed by atoms with Crippen LogP contribution in [0.5, 0.6) is 0 Å². The number of esters is 1. The SMILES string of the molecule is CC(C)(C)OC(=O)NCCCC[C@H](NC(=O)OC(C)(C)C)C(=O)OCCOC=O. The lowest BCUT2D eigenvalue weighted by molar-refractivity contribution is -0.149. The van der Waals surface area contributed by atoms with E-state index in [0.29, 0.717) is 19.4 Å². The van der Waals surface area contributed by atoms with Crippen molar-refractivity contribution in [2.75, 3.05) is 19.8 Å². The summed E-state index contributed by atoms with van der Waals surface area (Å²) < 4.78 is 19.8. The summed E-state index contributed by atoms with van der Waals surface area (Å²) in [5.74, 6) is -0.662. The van der Waals surface area contributed by atoms with E-state index in [1.54, 1.807) is 41.5 Å². The highest BCUT2D eigenvalue weighted by Gasteiger charge is 2.25. The third kappa shape index (κ3) is 16.2. The molecule has 0 radical (unpaired) electrons. The lowest BCUT2D eigenvalue weighted by Crippen LogP contribution is -2.44. The van der Waals surface area contributed by atoms with Crippen LogP contribution in [0.1, 0.15) is 60.8 Å². The Bertz CT molecular complexity index is 537. The van der Waals surface area contributed by atoms with Crippen molar-refractivity contribution in [3.8, 4) is 0 Å². The number of nitrogens with one attached hydrogen (secondary N) is 2. The van der Waals surface area contributed by atoms with Gasteiger partial charge in [-0.25, -0.2) is 14.4 Å². The lowest BCUT2D eigenvalue weighted by atomic mass is 10.1. The Morgan fingerprint density at radius 1 is 0.897 bits per heavy atom. The minimum absolute atomic E-state index is 0.0752. The fourth-order valence-electron chi connectivity index (χ4n) is 2.02. The number of carbonyl (C=O) groups excluding carboxylic acids is 4. The van der Waals surface area contributed by atoms with Gasteiger partial charge in [-0.2, -0.15) is 0 Å². The van der Waals surface area contributed by atoms with Crippen LogP contribution in [0.2, 0.25) is 0 Å². The summed E-state index contributed by atoms with van der Waals surface area (Å²) in [6.45, 7) is 10.8.